The van der Waals surface area contributed by atoms with E-state index in [1.54, 1.807) is 12.1 Å². The molecule has 8 nitrogen and oxygen atoms in total. The summed E-state index contributed by atoms with van der Waals surface area (Å²) in [5.41, 5.74) is 0.404. The molecule has 0 spiro atoms. The van der Waals surface area contributed by atoms with Crippen LogP contribution in [0.15, 0.2) is 59.4 Å². The molecule has 0 radical (unpaired) electrons. The third-order valence-corrected chi connectivity index (χ3v) is 5.54. The summed E-state index contributed by atoms with van der Waals surface area (Å²) >= 11 is 0. The number of halogens is 3. The number of amides is 1. The lowest BCUT2D eigenvalue weighted by atomic mass is 10.1. The lowest BCUT2D eigenvalue weighted by molar-refractivity contribution is -0.137. The number of aliphatic carboxylic acids is 1. The molecule has 0 bridgehead atoms. The van der Waals surface area contributed by atoms with Gasteiger partial charge in [-0.15, -0.1) is 0 Å². The summed E-state index contributed by atoms with van der Waals surface area (Å²) in [5.74, 6) is -1.41. The number of aromatic nitrogens is 2. The minimum atomic E-state index is -4.46. The molecule has 0 saturated carbocycles. The molecule has 1 aromatic heterocycles. The van der Waals surface area contributed by atoms with Crippen molar-refractivity contribution in [1.82, 2.24) is 14.9 Å². The summed E-state index contributed by atoms with van der Waals surface area (Å²) in [5, 5.41) is 14.1. The predicted octanol–water partition coefficient (Wildman–Crippen LogP) is 4.39. The van der Waals surface area contributed by atoms with E-state index >= 15 is 0 Å². The first kappa shape index (κ1) is 27.4. The van der Waals surface area contributed by atoms with Crippen molar-refractivity contribution < 1.29 is 27.9 Å². The summed E-state index contributed by atoms with van der Waals surface area (Å²) in [4.78, 5) is 40.3. The fourth-order valence-electron chi connectivity index (χ4n) is 3.55. The van der Waals surface area contributed by atoms with Gasteiger partial charge in [0.25, 0.3) is 11.5 Å². The van der Waals surface area contributed by atoms with Crippen LogP contribution in [0.3, 0.4) is 0 Å². The summed E-state index contributed by atoms with van der Waals surface area (Å²) in [6, 6.07) is 12.1. The van der Waals surface area contributed by atoms with E-state index in [-0.39, 0.29) is 23.8 Å². The van der Waals surface area contributed by atoms with Crippen molar-refractivity contribution in [3.8, 4) is 11.3 Å². The van der Waals surface area contributed by atoms with E-state index in [0.29, 0.717) is 17.7 Å². The molecule has 0 atom stereocenters. The lowest BCUT2D eigenvalue weighted by Crippen LogP contribution is -2.29. The van der Waals surface area contributed by atoms with Crippen molar-refractivity contribution in [1.29, 1.82) is 0 Å². The number of carbonyl (C=O) groups is 2. The first-order valence-electron chi connectivity index (χ1n) is 11.7. The summed E-state index contributed by atoms with van der Waals surface area (Å²) < 4.78 is 40.2. The number of carbonyl (C=O) groups excluding carboxylic acids is 1. The Kier molecular flexibility index (Phi) is 9.05. The van der Waals surface area contributed by atoms with Gasteiger partial charge in [0.2, 0.25) is 5.95 Å². The maximum atomic E-state index is 13.1. The van der Waals surface area contributed by atoms with Gasteiger partial charge in [-0.25, -0.2) is 4.98 Å². The predicted molar refractivity (Wildman–Crippen MR) is 132 cm³/mol. The molecule has 3 N–H and O–H groups in total. The Hall–Kier alpha value is -4.15. The summed E-state index contributed by atoms with van der Waals surface area (Å²) in [6.45, 7) is 2.25. The van der Waals surface area contributed by atoms with Gasteiger partial charge in [0.15, 0.2) is 0 Å². The second-order valence-electron chi connectivity index (χ2n) is 8.37. The van der Waals surface area contributed by atoms with Gasteiger partial charge >= 0.3 is 12.1 Å². The second-order valence-corrected chi connectivity index (χ2v) is 8.37. The molecule has 2 aromatic carbocycles. The third-order valence-electron chi connectivity index (χ3n) is 5.54. The minimum absolute atomic E-state index is 0.131. The zero-order chi connectivity index (χ0) is 27.0. The summed E-state index contributed by atoms with van der Waals surface area (Å²) in [7, 11) is 0. The van der Waals surface area contributed by atoms with Crippen molar-refractivity contribution in [3.63, 3.8) is 0 Å². The molecule has 11 heteroatoms. The molecule has 0 aliphatic carbocycles. The highest BCUT2D eigenvalue weighted by atomic mass is 19.4. The van der Waals surface area contributed by atoms with Gasteiger partial charge in [0, 0.05) is 23.7 Å². The number of unbranched alkanes of at least 4 members (excludes halogenated alkanes) is 2. The highest BCUT2D eigenvalue weighted by molar-refractivity contribution is 5.95. The van der Waals surface area contributed by atoms with Crippen LogP contribution in [0.5, 0.6) is 0 Å². The lowest BCUT2D eigenvalue weighted by Gasteiger charge is -2.16. The first-order valence-corrected chi connectivity index (χ1v) is 11.7. The van der Waals surface area contributed by atoms with Gasteiger partial charge in [0.05, 0.1) is 17.8 Å². The SMILES string of the molecule is CCCCCNc1nc(-c2ccc(C(F)(F)F)cc2)cc(=O)n1Cc1ccc(C(=O)NCC(=O)O)cc1. The van der Waals surface area contributed by atoms with Crippen molar-refractivity contribution >= 4 is 17.8 Å². The van der Waals surface area contributed by atoms with Crippen LogP contribution in [0.4, 0.5) is 19.1 Å². The Labute approximate surface area is 211 Å². The van der Waals surface area contributed by atoms with Crippen LogP contribution >= 0.6 is 0 Å². The van der Waals surface area contributed by atoms with E-state index < -0.39 is 35.7 Å². The Balaban J connectivity index is 1.87. The van der Waals surface area contributed by atoms with Gasteiger partial charge in [-0.1, -0.05) is 44.0 Å². The number of benzene rings is 2. The number of carboxylic acids is 1. The fourth-order valence-corrected chi connectivity index (χ4v) is 3.55. The number of carboxylic acid groups (broad SMARTS) is 1. The monoisotopic (exact) mass is 516 g/mol. The second kappa shape index (κ2) is 12.2. The van der Waals surface area contributed by atoms with E-state index in [1.807, 2.05) is 0 Å². The van der Waals surface area contributed by atoms with Gasteiger partial charge in [-0.2, -0.15) is 13.2 Å². The zero-order valence-corrected chi connectivity index (χ0v) is 20.1. The van der Waals surface area contributed by atoms with Crippen LogP contribution in [0, 0.1) is 0 Å². The van der Waals surface area contributed by atoms with Gasteiger partial charge in [0.1, 0.15) is 6.54 Å². The van der Waals surface area contributed by atoms with E-state index in [0.717, 1.165) is 31.4 Å². The standard InChI is InChI=1S/C26H27F3N4O4/c1-2-3-4-13-30-25-32-21(18-9-11-20(12-10-18)26(27,28)29)14-22(34)33(25)16-17-5-7-19(8-6-17)24(37)31-15-23(35)36/h5-12,14H,2-4,13,15-16H2,1H3,(H,30,32)(H,31,37)(H,35,36). The number of rotatable bonds is 11. The van der Waals surface area contributed by atoms with Gasteiger partial charge < -0.3 is 15.7 Å². The molecule has 0 unspecified atom stereocenters. The summed E-state index contributed by atoms with van der Waals surface area (Å²) in [6.07, 6.45) is -1.65. The number of anilines is 1. The molecule has 196 valence electrons. The quantitative estimate of drug-likeness (QED) is 0.326. The molecule has 3 rings (SSSR count). The van der Waals surface area contributed by atoms with Crippen LogP contribution in [0.2, 0.25) is 0 Å². The van der Waals surface area contributed by atoms with Crippen molar-refractivity contribution in [2.75, 3.05) is 18.4 Å². The molecule has 0 aliphatic heterocycles. The average molecular weight is 517 g/mol. The van der Waals surface area contributed by atoms with E-state index in [9.17, 15) is 27.6 Å². The van der Waals surface area contributed by atoms with Crippen molar-refractivity contribution in [2.24, 2.45) is 0 Å². The average Bonchev–Trinajstić information content (AvgIpc) is 2.86. The Bertz CT molecular complexity index is 1290. The highest BCUT2D eigenvalue weighted by Gasteiger charge is 2.30. The maximum absolute atomic E-state index is 13.1. The Morgan fingerprint density at radius 3 is 2.30 bits per heavy atom. The number of hydrogen-bond donors (Lipinski definition) is 3. The molecule has 1 heterocycles. The molecule has 0 saturated heterocycles. The topological polar surface area (TPSA) is 113 Å². The first-order chi connectivity index (χ1) is 17.6. The molecule has 0 fully saturated rings. The number of alkyl halides is 3. The maximum Gasteiger partial charge on any atom is 0.416 e. The molecular formula is C26H27F3N4O4. The highest BCUT2D eigenvalue weighted by Crippen LogP contribution is 2.30. The third kappa shape index (κ3) is 7.66. The van der Waals surface area contributed by atoms with Crippen molar-refractivity contribution in [2.45, 2.75) is 38.9 Å². The molecule has 3 aromatic rings. The van der Waals surface area contributed by atoms with E-state index in [4.69, 9.17) is 5.11 Å². The van der Waals surface area contributed by atoms with Crippen LogP contribution in [-0.4, -0.2) is 39.6 Å². The fraction of sp³-hybridized carbons (Fsp3) is 0.308. The Morgan fingerprint density at radius 2 is 1.70 bits per heavy atom. The number of hydrogen-bond acceptors (Lipinski definition) is 5. The van der Waals surface area contributed by atoms with E-state index in [1.165, 1.54) is 34.9 Å². The molecule has 0 aliphatic rings. The molecule has 1 amide bonds. The largest absolute Gasteiger partial charge is 0.480 e. The Morgan fingerprint density at radius 1 is 1.03 bits per heavy atom. The van der Waals surface area contributed by atoms with E-state index in [2.05, 4.69) is 22.5 Å². The van der Waals surface area contributed by atoms with Gasteiger partial charge in [-0.05, 0) is 36.2 Å². The van der Waals surface area contributed by atoms with Crippen LogP contribution in [-0.2, 0) is 17.5 Å². The minimum Gasteiger partial charge on any atom is -0.480 e. The molecule has 37 heavy (non-hydrogen) atoms. The van der Waals surface area contributed by atoms with Crippen LogP contribution in [0.1, 0.15) is 47.7 Å². The van der Waals surface area contributed by atoms with Crippen LogP contribution < -0.4 is 16.2 Å². The smallest absolute Gasteiger partial charge is 0.416 e. The van der Waals surface area contributed by atoms with Crippen LogP contribution in [0.25, 0.3) is 11.3 Å². The molecular weight excluding hydrogens is 489 g/mol. The van der Waals surface area contributed by atoms with Crippen molar-refractivity contribution in [3.05, 3.63) is 81.6 Å². The van der Waals surface area contributed by atoms with Gasteiger partial charge in [-0.3, -0.25) is 19.0 Å². The zero-order valence-electron chi connectivity index (χ0n) is 20.1. The number of nitrogens with one attached hydrogen (secondary N) is 2. The normalized spacial score (nSPS) is 11.2. The number of nitrogens with zero attached hydrogens (tertiary/aromatic N) is 2.